The Morgan fingerprint density at radius 2 is 2.00 bits per heavy atom. The van der Waals surface area contributed by atoms with Gasteiger partial charge in [0.25, 0.3) is 5.91 Å². The zero-order valence-electron chi connectivity index (χ0n) is 9.02. The maximum absolute atomic E-state index is 13.4. The van der Waals surface area contributed by atoms with E-state index < -0.39 is 29.0 Å². The molecule has 0 unspecified atom stereocenters. The van der Waals surface area contributed by atoms with Gasteiger partial charge in [-0.1, -0.05) is 6.07 Å². The highest BCUT2D eigenvalue weighted by molar-refractivity contribution is 6.06. The minimum Gasteiger partial charge on any atom is -0.507 e. The van der Waals surface area contributed by atoms with Gasteiger partial charge in [-0.25, -0.2) is 9.37 Å². The molecule has 1 amide bonds. The molecule has 0 bridgehead atoms. The third-order valence-corrected chi connectivity index (χ3v) is 2.20. The number of rotatable bonds is 2. The molecule has 0 saturated heterocycles. The van der Waals surface area contributed by atoms with Crippen LogP contribution in [0.15, 0.2) is 36.5 Å². The van der Waals surface area contributed by atoms with Crippen LogP contribution in [0.4, 0.5) is 14.5 Å². The molecule has 18 heavy (non-hydrogen) atoms. The molecule has 6 heteroatoms. The summed E-state index contributed by atoms with van der Waals surface area (Å²) in [5.41, 5.74) is -0.272. The fourth-order valence-electron chi connectivity index (χ4n) is 1.38. The summed E-state index contributed by atoms with van der Waals surface area (Å²) < 4.78 is 25.9. The lowest BCUT2D eigenvalue weighted by Crippen LogP contribution is -2.14. The van der Waals surface area contributed by atoms with E-state index in [1.165, 1.54) is 18.2 Å². The molecule has 1 aromatic carbocycles. The average molecular weight is 250 g/mol. The number of hydrogen-bond donors (Lipinski definition) is 2. The monoisotopic (exact) mass is 250 g/mol. The fourth-order valence-corrected chi connectivity index (χ4v) is 1.38. The standard InChI is InChI=1S/C12H8F2N2O2/c13-8-2-1-3-9(17)11(8)12(18)16-7-4-5-10(14)15-6-7/h1-6,17H,(H,16,18). The second kappa shape index (κ2) is 4.79. The lowest BCUT2D eigenvalue weighted by molar-refractivity contribution is 0.102. The number of nitrogens with one attached hydrogen (secondary N) is 1. The Morgan fingerprint density at radius 3 is 2.61 bits per heavy atom. The van der Waals surface area contributed by atoms with Crippen LogP contribution in [-0.4, -0.2) is 16.0 Å². The molecule has 1 aromatic heterocycles. The van der Waals surface area contributed by atoms with E-state index in [4.69, 9.17) is 0 Å². The highest BCUT2D eigenvalue weighted by Crippen LogP contribution is 2.21. The molecule has 1 heterocycles. The molecule has 0 fully saturated rings. The largest absolute Gasteiger partial charge is 0.507 e. The Labute approximate surface area is 101 Å². The van der Waals surface area contributed by atoms with Gasteiger partial charge in [0, 0.05) is 0 Å². The van der Waals surface area contributed by atoms with Crippen LogP contribution in [0, 0.1) is 11.8 Å². The third-order valence-electron chi connectivity index (χ3n) is 2.20. The SMILES string of the molecule is O=C(Nc1ccc(F)nc1)c1c(O)cccc1F. The Balaban J connectivity index is 2.25. The molecule has 92 valence electrons. The summed E-state index contributed by atoms with van der Waals surface area (Å²) in [6, 6.07) is 5.86. The van der Waals surface area contributed by atoms with Gasteiger partial charge in [0.1, 0.15) is 17.1 Å². The summed E-state index contributed by atoms with van der Waals surface area (Å²) in [5.74, 6) is -2.84. The number of halogens is 2. The fraction of sp³-hybridized carbons (Fsp3) is 0. The van der Waals surface area contributed by atoms with Crippen molar-refractivity contribution < 1.29 is 18.7 Å². The number of aromatic nitrogens is 1. The zero-order chi connectivity index (χ0) is 13.1. The summed E-state index contributed by atoms with van der Waals surface area (Å²) in [7, 11) is 0. The second-order valence-electron chi connectivity index (χ2n) is 3.46. The van der Waals surface area contributed by atoms with Gasteiger partial charge in [0.05, 0.1) is 11.9 Å². The zero-order valence-corrected chi connectivity index (χ0v) is 9.02. The molecular weight excluding hydrogens is 242 g/mol. The lowest BCUT2D eigenvalue weighted by atomic mass is 10.1. The summed E-state index contributed by atoms with van der Waals surface area (Å²) >= 11 is 0. The van der Waals surface area contributed by atoms with Gasteiger partial charge in [-0.15, -0.1) is 0 Å². The van der Waals surface area contributed by atoms with E-state index in [9.17, 15) is 18.7 Å². The Kier molecular flexibility index (Phi) is 3.18. The molecule has 0 aliphatic heterocycles. The highest BCUT2D eigenvalue weighted by atomic mass is 19.1. The average Bonchev–Trinajstić information content (AvgIpc) is 2.32. The Bertz CT molecular complexity index is 565. The van der Waals surface area contributed by atoms with Gasteiger partial charge < -0.3 is 10.4 Å². The van der Waals surface area contributed by atoms with Gasteiger partial charge in [0.2, 0.25) is 5.95 Å². The van der Waals surface area contributed by atoms with Crippen LogP contribution in [0.3, 0.4) is 0 Å². The number of carbonyl (C=O) groups excluding carboxylic acids is 1. The molecule has 4 nitrogen and oxygen atoms in total. The van der Waals surface area contributed by atoms with Crippen molar-refractivity contribution in [1.82, 2.24) is 4.98 Å². The van der Waals surface area contributed by atoms with E-state index in [0.717, 1.165) is 18.3 Å². The lowest BCUT2D eigenvalue weighted by Gasteiger charge is -2.07. The predicted molar refractivity (Wildman–Crippen MR) is 60.2 cm³/mol. The van der Waals surface area contributed by atoms with E-state index >= 15 is 0 Å². The topological polar surface area (TPSA) is 62.2 Å². The van der Waals surface area contributed by atoms with Crippen LogP contribution < -0.4 is 5.32 Å². The van der Waals surface area contributed by atoms with Crippen LogP contribution in [0.2, 0.25) is 0 Å². The van der Waals surface area contributed by atoms with Crippen molar-refractivity contribution in [2.45, 2.75) is 0 Å². The van der Waals surface area contributed by atoms with E-state index in [1.54, 1.807) is 0 Å². The number of phenols is 1. The first-order chi connectivity index (χ1) is 8.58. The number of anilines is 1. The maximum atomic E-state index is 13.4. The number of carbonyl (C=O) groups is 1. The highest BCUT2D eigenvalue weighted by Gasteiger charge is 2.16. The minimum atomic E-state index is -0.845. The van der Waals surface area contributed by atoms with Crippen molar-refractivity contribution in [3.8, 4) is 5.75 Å². The quantitative estimate of drug-likeness (QED) is 0.804. The number of pyridine rings is 1. The molecule has 0 saturated carbocycles. The third kappa shape index (κ3) is 2.42. The van der Waals surface area contributed by atoms with Gasteiger partial charge in [-0.3, -0.25) is 4.79 Å². The number of aromatic hydroxyl groups is 1. The number of nitrogens with zero attached hydrogens (tertiary/aromatic N) is 1. The van der Waals surface area contributed by atoms with Crippen LogP contribution in [0.1, 0.15) is 10.4 Å². The van der Waals surface area contributed by atoms with E-state index in [2.05, 4.69) is 10.3 Å². The first-order valence-corrected chi connectivity index (χ1v) is 4.98. The molecule has 0 aliphatic carbocycles. The van der Waals surface area contributed by atoms with Gasteiger partial charge in [-0.05, 0) is 24.3 Å². The molecule has 0 aliphatic rings. The van der Waals surface area contributed by atoms with Crippen LogP contribution in [0.5, 0.6) is 5.75 Å². The maximum Gasteiger partial charge on any atom is 0.262 e. The number of phenolic OH excluding ortho intramolecular Hbond substituents is 1. The summed E-state index contributed by atoms with van der Waals surface area (Å²) in [5, 5.41) is 11.7. The van der Waals surface area contributed by atoms with Crippen molar-refractivity contribution in [2.24, 2.45) is 0 Å². The Hall–Kier alpha value is -2.50. The molecule has 0 spiro atoms. The molecule has 2 N–H and O–H groups in total. The second-order valence-corrected chi connectivity index (χ2v) is 3.46. The smallest absolute Gasteiger partial charge is 0.262 e. The number of benzene rings is 1. The number of hydrogen-bond acceptors (Lipinski definition) is 3. The van der Waals surface area contributed by atoms with Gasteiger partial charge in [0.15, 0.2) is 0 Å². The molecule has 0 radical (unpaired) electrons. The predicted octanol–water partition coefficient (Wildman–Crippen LogP) is 2.32. The molecule has 0 atom stereocenters. The van der Waals surface area contributed by atoms with Crippen molar-refractivity contribution in [1.29, 1.82) is 0 Å². The molecule has 2 aromatic rings. The minimum absolute atomic E-state index is 0.198. The van der Waals surface area contributed by atoms with E-state index in [-0.39, 0.29) is 5.69 Å². The normalized spacial score (nSPS) is 10.1. The summed E-state index contributed by atoms with van der Waals surface area (Å²) in [4.78, 5) is 15.0. The van der Waals surface area contributed by atoms with Crippen molar-refractivity contribution in [3.63, 3.8) is 0 Å². The van der Waals surface area contributed by atoms with Crippen molar-refractivity contribution >= 4 is 11.6 Å². The Morgan fingerprint density at radius 1 is 1.22 bits per heavy atom. The van der Waals surface area contributed by atoms with Crippen LogP contribution in [0.25, 0.3) is 0 Å². The molecular formula is C12H8F2N2O2. The summed E-state index contributed by atoms with van der Waals surface area (Å²) in [6.45, 7) is 0. The van der Waals surface area contributed by atoms with E-state index in [1.807, 2.05) is 0 Å². The van der Waals surface area contributed by atoms with Crippen molar-refractivity contribution in [2.75, 3.05) is 5.32 Å². The van der Waals surface area contributed by atoms with Crippen molar-refractivity contribution in [3.05, 3.63) is 53.9 Å². The van der Waals surface area contributed by atoms with Crippen LogP contribution >= 0.6 is 0 Å². The molecule has 2 rings (SSSR count). The van der Waals surface area contributed by atoms with E-state index in [0.29, 0.717) is 0 Å². The first-order valence-electron chi connectivity index (χ1n) is 4.98. The first kappa shape index (κ1) is 12.0. The number of amides is 1. The van der Waals surface area contributed by atoms with Crippen LogP contribution in [-0.2, 0) is 0 Å². The summed E-state index contributed by atoms with van der Waals surface area (Å²) in [6.07, 6.45) is 1.09. The van der Waals surface area contributed by atoms with Gasteiger partial charge >= 0.3 is 0 Å². The van der Waals surface area contributed by atoms with Gasteiger partial charge in [-0.2, -0.15) is 4.39 Å².